The van der Waals surface area contributed by atoms with Gasteiger partial charge in [0.2, 0.25) is 0 Å². The first kappa shape index (κ1) is 20.2. The van der Waals surface area contributed by atoms with Crippen LogP contribution in [-0.4, -0.2) is 51.8 Å². The topological polar surface area (TPSA) is 92.0 Å². The molecular weight excluding hydrogens is 360 g/mol. The van der Waals surface area contributed by atoms with E-state index in [9.17, 15) is 14.7 Å². The van der Waals surface area contributed by atoms with Gasteiger partial charge in [0.25, 0.3) is 0 Å². The number of ether oxygens (including phenoxy) is 1. The van der Waals surface area contributed by atoms with Crippen LogP contribution in [0.4, 0.5) is 0 Å². The molecule has 3 rings (SSSR count). The maximum Gasteiger partial charge on any atom is 0.325 e. The fourth-order valence-corrected chi connectivity index (χ4v) is 4.46. The summed E-state index contributed by atoms with van der Waals surface area (Å²) in [5.74, 6) is -0.262. The molecule has 0 amide bonds. The Morgan fingerprint density at radius 3 is 2.46 bits per heavy atom. The number of aromatic nitrogens is 1. The molecule has 1 aliphatic rings. The molecule has 2 aromatic rings. The summed E-state index contributed by atoms with van der Waals surface area (Å²) >= 11 is 0. The molecule has 28 heavy (non-hydrogen) atoms. The molecule has 0 aliphatic carbocycles. The van der Waals surface area contributed by atoms with E-state index in [4.69, 9.17) is 9.84 Å². The number of piperidine rings is 1. The van der Waals surface area contributed by atoms with Crippen LogP contribution in [0, 0.1) is 11.8 Å². The number of aliphatic carboxylic acids is 2. The molecule has 0 spiro atoms. The molecule has 0 bridgehead atoms. The Morgan fingerprint density at radius 2 is 1.89 bits per heavy atom. The number of carbonyl (C=O) groups is 2. The monoisotopic (exact) mass is 388 g/mol. The van der Waals surface area contributed by atoms with Crippen LogP contribution in [-0.2, 0) is 16.1 Å². The molecule has 2 heterocycles. The lowest BCUT2D eigenvalue weighted by Gasteiger charge is -2.38. The van der Waals surface area contributed by atoms with Gasteiger partial charge < -0.3 is 19.5 Å². The molecule has 1 aromatic carbocycles. The largest absolute Gasteiger partial charge is 0.497 e. The quantitative estimate of drug-likeness (QED) is 0.757. The summed E-state index contributed by atoms with van der Waals surface area (Å²) in [6, 6.07) is 4.74. The molecule has 7 heteroatoms. The van der Waals surface area contributed by atoms with E-state index in [1.807, 2.05) is 27.7 Å². The highest BCUT2D eigenvalue weighted by atomic mass is 16.5. The highest BCUT2D eigenvalue weighted by Crippen LogP contribution is 2.36. The van der Waals surface area contributed by atoms with Crippen molar-refractivity contribution in [2.75, 3.05) is 20.2 Å². The van der Waals surface area contributed by atoms with Crippen LogP contribution in [0.25, 0.3) is 10.9 Å². The van der Waals surface area contributed by atoms with Crippen LogP contribution in [0.1, 0.15) is 38.3 Å². The number of fused-ring (bicyclic) bond motifs is 1. The molecule has 7 nitrogen and oxygen atoms in total. The molecule has 3 atom stereocenters. The number of carboxylic acid groups (broad SMARTS) is 2. The lowest BCUT2D eigenvalue weighted by Crippen LogP contribution is -2.43. The van der Waals surface area contributed by atoms with E-state index in [0.717, 1.165) is 30.4 Å². The van der Waals surface area contributed by atoms with E-state index in [2.05, 4.69) is 13.8 Å². The zero-order valence-electron chi connectivity index (χ0n) is 16.6. The van der Waals surface area contributed by atoms with Gasteiger partial charge in [-0.25, -0.2) is 0 Å². The summed E-state index contributed by atoms with van der Waals surface area (Å²) in [7, 11) is 1.57. The van der Waals surface area contributed by atoms with E-state index in [1.54, 1.807) is 13.3 Å². The minimum absolute atomic E-state index is 0.0230. The molecule has 2 N–H and O–H groups in total. The van der Waals surface area contributed by atoms with Crippen molar-refractivity contribution in [3.8, 4) is 5.75 Å². The number of rotatable bonds is 7. The number of methoxy groups -OCH3 is 1. The van der Waals surface area contributed by atoms with E-state index in [0.29, 0.717) is 23.1 Å². The number of nitrogens with zero attached hydrogens (tertiary/aromatic N) is 2. The van der Waals surface area contributed by atoms with Crippen LogP contribution in [0.3, 0.4) is 0 Å². The summed E-state index contributed by atoms with van der Waals surface area (Å²) in [4.78, 5) is 25.4. The van der Waals surface area contributed by atoms with Crippen LogP contribution >= 0.6 is 0 Å². The Hall–Kier alpha value is -2.54. The zero-order valence-corrected chi connectivity index (χ0v) is 16.6. The van der Waals surface area contributed by atoms with Gasteiger partial charge in [-0.2, -0.15) is 0 Å². The number of hydrogen-bond acceptors (Lipinski definition) is 4. The Kier molecular flexibility index (Phi) is 5.93. The highest BCUT2D eigenvalue weighted by Gasteiger charge is 2.34. The van der Waals surface area contributed by atoms with Gasteiger partial charge in [0, 0.05) is 42.3 Å². The van der Waals surface area contributed by atoms with E-state index < -0.39 is 18.0 Å². The van der Waals surface area contributed by atoms with Crippen molar-refractivity contribution in [1.82, 2.24) is 9.47 Å². The van der Waals surface area contributed by atoms with Crippen LogP contribution in [0.15, 0.2) is 24.4 Å². The minimum Gasteiger partial charge on any atom is -0.497 e. The highest BCUT2D eigenvalue weighted by molar-refractivity contribution is 5.90. The standard InChI is InChI=1S/C21H28N2O5/c1-13-8-14(2)11-23(10-13)20(21(26)27)17-12-22(7-6-19(24)25)18-5-4-15(28-3)9-16(17)18/h4-5,9,12-14,20H,6-8,10-11H2,1-3H3,(H,24,25)(H,26,27)/t13-,14+,20?. The molecular formula is C21H28N2O5. The Bertz CT molecular complexity index is 865. The Morgan fingerprint density at radius 1 is 1.21 bits per heavy atom. The fourth-order valence-electron chi connectivity index (χ4n) is 4.46. The summed E-state index contributed by atoms with van der Waals surface area (Å²) in [5, 5.41) is 19.9. The first-order valence-electron chi connectivity index (χ1n) is 9.65. The molecule has 0 radical (unpaired) electrons. The van der Waals surface area contributed by atoms with Gasteiger partial charge in [0.1, 0.15) is 11.8 Å². The minimum atomic E-state index is -0.888. The second-order valence-corrected chi connectivity index (χ2v) is 7.95. The van der Waals surface area contributed by atoms with Crippen molar-refractivity contribution < 1.29 is 24.5 Å². The average molecular weight is 388 g/mol. The normalized spacial score (nSPS) is 21.5. The summed E-state index contributed by atoms with van der Waals surface area (Å²) < 4.78 is 7.18. The maximum absolute atomic E-state index is 12.3. The van der Waals surface area contributed by atoms with Crippen molar-refractivity contribution in [3.63, 3.8) is 0 Å². The van der Waals surface area contributed by atoms with E-state index >= 15 is 0 Å². The van der Waals surface area contributed by atoms with Crippen molar-refractivity contribution in [3.05, 3.63) is 30.0 Å². The second-order valence-electron chi connectivity index (χ2n) is 7.95. The SMILES string of the molecule is COc1ccc2c(c1)c(C(C(=O)O)N1C[C@H](C)C[C@H](C)C1)cn2CCC(=O)O. The van der Waals surface area contributed by atoms with Crippen molar-refractivity contribution in [2.24, 2.45) is 11.8 Å². The second kappa shape index (κ2) is 8.22. The summed E-state index contributed by atoms with van der Waals surface area (Å²) in [6.07, 6.45) is 2.87. The van der Waals surface area contributed by atoms with Gasteiger partial charge >= 0.3 is 11.9 Å². The lowest BCUT2D eigenvalue weighted by atomic mass is 9.89. The third-order valence-corrected chi connectivity index (χ3v) is 5.48. The first-order chi connectivity index (χ1) is 13.3. The molecule has 1 aliphatic heterocycles. The van der Waals surface area contributed by atoms with Gasteiger partial charge in [0.05, 0.1) is 13.5 Å². The number of aryl methyl sites for hydroxylation is 1. The first-order valence-corrected chi connectivity index (χ1v) is 9.65. The molecule has 1 aromatic heterocycles. The number of hydrogen-bond donors (Lipinski definition) is 2. The Labute approximate surface area is 164 Å². The third kappa shape index (κ3) is 4.14. The van der Waals surface area contributed by atoms with Gasteiger partial charge in [-0.1, -0.05) is 13.8 Å². The van der Waals surface area contributed by atoms with Crippen LogP contribution < -0.4 is 4.74 Å². The van der Waals surface area contributed by atoms with Crippen molar-refractivity contribution in [2.45, 2.75) is 39.3 Å². The summed E-state index contributed by atoms with van der Waals surface area (Å²) in [5.41, 5.74) is 1.51. The van der Waals surface area contributed by atoms with Crippen molar-refractivity contribution >= 4 is 22.8 Å². The Balaban J connectivity index is 2.09. The molecule has 1 unspecified atom stereocenters. The van der Waals surface area contributed by atoms with Gasteiger partial charge in [-0.15, -0.1) is 0 Å². The van der Waals surface area contributed by atoms with Crippen molar-refractivity contribution in [1.29, 1.82) is 0 Å². The number of likely N-dealkylation sites (tertiary alicyclic amines) is 1. The number of benzene rings is 1. The van der Waals surface area contributed by atoms with Gasteiger partial charge in [0.15, 0.2) is 0 Å². The third-order valence-electron chi connectivity index (χ3n) is 5.48. The predicted molar refractivity (Wildman–Crippen MR) is 106 cm³/mol. The molecule has 1 saturated heterocycles. The maximum atomic E-state index is 12.3. The van der Waals surface area contributed by atoms with Gasteiger partial charge in [-0.3, -0.25) is 14.5 Å². The fraction of sp³-hybridized carbons (Fsp3) is 0.524. The number of carboxylic acids is 2. The van der Waals surface area contributed by atoms with E-state index in [-0.39, 0.29) is 13.0 Å². The lowest BCUT2D eigenvalue weighted by molar-refractivity contribution is -0.144. The van der Waals surface area contributed by atoms with Crippen LogP contribution in [0.5, 0.6) is 5.75 Å². The molecule has 152 valence electrons. The molecule has 0 saturated carbocycles. The average Bonchev–Trinajstić information content (AvgIpc) is 2.96. The van der Waals surface area contributed by atoms with E-state index in [1.165, 1.54) is 0 Å². The smallest absolute Gasteiger partial charge is 0.325 e. The summed E-state index contributed by atoms with van der Waals surface area (Å²) in [6.45, 7) is 6.05. The van der Waals surface area contributed by atoms with Gasteiger partial charge in [-0.05, 0) is 36.5 Å². The molecule has 1 fully saturated rings. The van der Waals surface area contributed by atoms with Crippen LogP contribution in [0.2, 0.25) is 0 Å². The zero-order chi connectivity index (χ0) is 20.4. The predicted octanol–water partition coefficient (Wildman–Crippen LogP) is 3.23.